The predicted molar refractivity (Wildman–Crippen MR) is 136 cm³/mol. The lowest BCUT2D eigenvalue weighted by atomic mass is 10.1. The maximum Gasteiger partial charge on any atom is 0.410 e. The Hall–Kier alpha value is -0.483. The molecular formula is C23H48NO8PSi. The Morgan fingerprint density at radius 3 is 1.97 bits per heavy atom. The van der Waals surface area contributed by atoms with Crippen LogP contribution in [0.3, 0.4) is 0 Å². The fourth-order valence-electron chi connectivity index (χ4n) is 3.52. The fourth-order valence-corrected chi connectivity index (χ4v) is 6.95. The number of nitrogens with zero attached hydrogens (tertiary/aromatic N) is 1. The summed E-state index contributed by atoms with van der Waals surface area (Å²) in [6.07, 6.45) is -2.40. The van der Waals surface area contributed by atoms with Crippen LogP contribution in [0.4, 0.5) is 4.79 Å². The van der Waals surface area contributed by atoms with Crippen LogP contribution in [0, 0.1) is 0 Å². The van der Waals surface area contributed by atoms with E-state index < -0.39 is 50.5 Å². The molecule has 0 saturated carbocycles. The van der Waals surface area contributed by atoms with Gasteiger partial charge in [-0.05, 0) is 73.0 Å². The molecule has 0 unspecified atom stereocenters. The van der Waals surface area contributed by atoms with Crippen LogP contribution in [0.25, 0.3) is 0 Å². The van der Waals surface area contributed by atoms with Crippen molar-refractivity contribution >= 4 is 22.0 Å². The van der Waals surface area contributed by atoms with Crippen LogP contribution < -0.4 is 0 Å². The third-order valence-electron chi connectivity index (χ3n) is 5.96. The van der Waals surface area contributed by atoms with Gasteiger partial charge in [-0.3, -0.25) is 4.57 Å². The molecule has 1 aliphatic heterocycles. The van der Waals surface area contributed by atoms with Crippen molar-refractivity contribution in [3.05, 3.63) is 0 Å². The zero-order chi connectivity index (χ0) is 26.7. The first-order valence-electron chi connectivity index (χ1n) is 12.1. The second-order valence-electron chi connectivity index (χ2n) is 12.0. The van der Waals surface area contributed by atoms with E-state index in [2.05, 4.69) is 0 Å². The number of hydrogen-bond acceptors (Lipinski definition) is 8. The quantitative estimate of drug-likeness (QED) is 0.293. The highest BCUT2D eigenvalue weighted by Crippen LogP contribution is 2.59. The van der Waals surface area contributed by atoms with Crippen molar-refractivity contribution in [2.75, 3.05) is 19.7 Å². The molecule has 1 saturated heterocycles. The standard InChI is InChI=1S/C23H48NO8PSi/c1-16(2)31-33(27,32-17(3)4)18(12-23(8,9)34(10,11)28)15-29-20-14-24(13-19(20)25)21(26)30-22(5,6)7/h16-20,25,28H,12-15H2,1-11H3/t18-,19-,20+/m0/s1. The molecule has 1 heterocycles. The minimum atomic E-state index is -3.65. The second kappa shape index (κ2) is 11.7. The van der Waals surface area contributed by atoms with Gasteiger partial charge in [0.15, 0.2) is 8.32 Å². The number of aliphatic hydroxyl groups excluding tert-OH is 1. The summed E-state index contributed by atoms with van der Waals surface area (Å²) in [7, 11) is -6.28. The Bertz CT molecular complexity index is 703. The molecule has 1 aliphatic rings. The van der Waals surface area contributed by atoms with Crippen molar-refractivity contribution in [1.29, 1.82) is 0 Å². The van der Waals surface area contributed by atoms with Crippen molar-refractivity contribution in [2.45, 2.75) is 123 Å². The van der Waals surface area contributed by atoms with Gasteiger partial charge in [0, 0.05) is 0 Å². The van der Waals surface area contributed by atoms with Gasteiger partial charge in [0.05, 0.1) is 43.7 Å². The first-order chi connectivity index (χ1) is 15.2. The molecular weight excluding hydrogens is 477 g/mol. The van der Waals surface area contributed by atoms with Crippen molar-refractivity contribution in [3.63, 3.8) is 0 Å². The summed E-state index contributed by atoms with van der Waals surface area (Å²) in [6, 6.07) is 0. The minimum Gasteiger partial charge on any atom is -0.444 e. The molecule has 0 aliphatic carbocycles. The molecule has 202 valence electrons. The number of amides is 1. The average Bonchev–Trinajstić information content (AvgIpc) is 2.95. The summed E-state index contributed by atoms with van der Waals surface area (Å²) in [5, 5.41) is 10.0. The van der Waals surface area contributed by atoms with Crippen molar-refractivity contribution < 1.29 is 37.8 Å². The van der Waals surface area contributed by atoms with Gasteiger partial charge in [0.2, 0.25) is 0 Å². The summed E-state index contributed by atoms with van der Waals surface area (Å²) in [6.45, 7) is 20.4. The van der Waals surface area contributed by atoms with Crippen molar-refractivity contribution in [2.24, 2.45) is 0 Å². The molecule has 0 bridgehead atoms. The minimum absolute atomic E-state index is 0.00544. The fraction of sp³-hybridized carbons (Fsp3) is 0.957. The monoisotopic (exact) mass is 525 g/mol. The summed E-state index contributed by atoms with van der Waals surface area (Å²) in [5.41, 5.74) is -1.30. The zero-order valence-corrected chi connectivity index (χ0v) is 24.8. The summed E-state index contributed by atoms with van der Waals surface area (Å²) in [4.78, 5) is 24.7. The maximum atomic E-state index is 14.0. The second-order valence-corrected chi connectivity index (χ2v) is 18.7. The normalized spacial score (nSPS) is 21.4. The lowest BCUT2D eigenvalue weighted by molar-refractivity contribution is -0.0135. The highest BCUT2D eigenvalue weighted by Gasteiger charge is 2.47. The van der Waals surface area contributed by atoms with Gasteiger partial charge in [0.1, 0.15) is 11.7 Å². The van der Waals surface area contributed by atoms with Crippen LogP contribution in [-0.4, -0.2) is 84.6 Å². The van der Waals surface area contributed by atoms with E-state index in [1.54, 1.807) is 48.5 Å². The van der Waals surface area contributed by atoms with Crippen molar-refractivity contribution in [1.82, 2.24) is 4.90 Å². The van der Waals surface area contributed by atoms with Crippen LogP contribution in [0.2, 0.25) is 18.1 Å². The molecule has 34 heavy (non-hydrogen) atoms. The number of aliphatic hydroxyl groups is 1. The van der Waals surface area contributed by atoms with E-state index in [1.165, 1.54) is 4.90 Å². The van der Waals surface area contributed by atoms with Crippen LogP contribution in [0.5, 0.6) is 0 Å². The van der Waals surface area contributed by atoms with Crippen LogP contribution in [0.15, 0.2) is 0 Å². The van der Waals surface area contributed by atoms with Gasteiger partial charge >= 0.3 is 13.7 Å². The molecule has 0 aromatic rings. The van der Waals surface area contributed by atoms with E-state index in [9.17, 15) is 19.3 Å². The third kappa shape index (κ3) is 9.52. The SMILES string of the molecule is CC(C)OP(=O)(OC(C)C)[C@H](CO[C@@H]1CN(C(=O)OC(C)(C)C)C[C@@H]1O)CC(C)(C)[Si](C)(C)O. The van der Waals surface area contributed by atoms with Gasteiger partial charge in [-0.2, -0.15) is 0 Å². The lowest BCUT2D eigenvalue weighted by Gasteiger charge is -2.40. The summed E-state index contributed by atoms with van der Waals surface area (Å²) >= 11 is 0. The highest BCUT2D eigenvalue weighted by molar-refractivity contribution is 7.54. The summed E-state index contributed by atoms with van der Waals surface area (Å²) < 4.78 is 37.2. The molecule has 0 radical (unpaired) electrons. The Morgan fingerprint density at radius 1 is 1.06 bits per heavy atom. The van der Waals surface area contributed by atoms with Crippen molar-refractivity contribution in [3.8, 4) is 0 Å². The van der Waals surface area contributed by atoms with Gasteiger partial charge in [-0.1, -0.05) is 13.8 Å². The molecule has 0 aromatic carbocycles. The molecule has 9 nitrogen and oxygen atoms in total. The van der Waals surface area contributed by atoms with Gasteiger partial charge in [-0.15, -0.1) is 0 Å². The molecule has 3 atom stereocenters. The molecule has 1 rings (SSSR count). The van der Waals surface area contributed by atoms with E-state index in [4.69, 9.17) is 18.5 Å². The van der Waals surface area contributed by atoms with Crippen LogP contribution >= 0.6 is 7.60 Å². The average molecular weight is 526 g/mol. The van der Waals surface area contributed by atoms with E-state index in [0.717, 1.165) is 0 Å². The smallest absolute Gasteiger partial charge is 0.410 e. The lowest BCUT2D eigenvalue weighted by Crippen LogP contribution is -2.42. The number of likely N-dealkylation sites (tertiary alicyclic amines) is 1. The molecule has 11 heteroatoms. The van der Waals surface area contributed by atoms with Crippen LogP contribution in [-0.2, 0) is 23.1 Å². The number of β-amino-alcohol motifs (C(OH)–C–C–N with tert-alkyl or cyclic N) is 1. The molecule has 0 aromatic heterocycles. The third-order valence-corrected chi connectivity index (χ3v) is 12.1. The summed E-state index contributed by atoms with van der Waals surface area (Å²) in [5.74, 6) is 0. The van der Waals surface area contributed by atoms with E-state index in [1.807, 2.05) is 26.9 Å². The molecule has 0 spiro atoms. The van der Waals surface area contributed by atoms with E-state index in [0.29, 0.717) is 6.42 Å². The number of carbonyl (C=O) groups is 1. The molecule has 1 amide bonds. The maximum absolute atomic E-state index is 14.0. The Kier molecular flexibility index (Phi) is 10.9. The highest BCUT2D eigenvalue weighted by atomic mass is 31.2. The Balaban J connectivity index is 3.10. The topological polar surface area (TPSA) is 115 Å². The largest absolute Gasteiger partial charge is 0.444 e. The Morgan fingerprint density at radius 2 is 1.56 bits per heavy atom. The van der Waals surface area contributed by atoms with E-state index >= 15 is 0 Å². The van der Waals surface area contributed by atoms with Gasteiger partial charge in [-0.25, -0.2) is 4.79 Å². The molecule has 2 N–H and O–H groups in total. The Labute approximate surface area is 207 Å². The first-order valence-corrected chi connectivity index (χ1v) is 16.7. The number of hydrogen-bond donors (Lipinski definition) is 2. The van der Waals surface area contributed by atoms with Gasteiger partial charge < -0.3 is 33.3 Å². The van der Waals surface area contributed by atoms with E-state index in [-0.39, 0.29) is 31.9 Å². The van der Waals surface area contributed by atoms with Gasteiger partial charge in [0.25, 0.3) is 0 Å². The number of carbonyl (C=O) groups excluding carboxylic acids is 1. The number of rotatable bonds is 11. The first kappa shape index (κ1) is 31.5. The van der Waals surface area contributed by atoms with Crippen LogP contribution in [0.1, 0.15) is 68.7 Å². The zero-order valence-electron chi connectivity index (χ0n) is 23.0. The predicted octanol–water partition coefficient (Wildman–Crippen LogP) is 4.76. The number of ether oxygens (including phenoxy) is 2. The molecule has 1 fully saturated rings.